The van der Waals surface area contributed by atoms with E-state index in [2.05, 4.69) is 15.5 Å². The van der Waals surface area contributed by atoms with Gasteiger partial charge in [0.1, 0.15) is 0 Å². The van der Waals surface area contributed by atoms with Gasteiger partial charge in [-0.1, -0.05) is 48.5 Å². The minimum atomic E-state index is -2.91. The number of carbonyl (C=O) groups excluding carboxylic acids is 2. The van der Waals surface area contributed by atoms with E-state index in [0.29, 0.717) is 47.7 Å². The van der Waals surface area contributed by atoms with Crippen molar-refractivity contribution in [3.8, 4) is 0 Å². The van der Waals surface area contributed by atoms with Gasteiger partial charge in [0, 0.05) is 30.9 Å². The largest absolute Gasteiger partial charge is 0.465 e. The van der Waals surface area contributed by atoms with Crippen LogP contribution in [0.2, 0.25) is 0 Å². The molecule has 2 aliphatic rings. The molecule has 0 atom stereocenters. The fraction of sp³-hybridized carbons (Fsp3) is 0.214. The van der Waals surface area contributed by atoms with E-state index in [1.807, 2.05) is 54.6 Å². The fourth-order valence-corrected chi connectivity index (χ4v) is 5.83. The minimum absolute atomic E-state index is 0.200. The molecule has 0 radical (unpaired) electrons. The molecule has 2 N–H and O–H groups in total. The van der Waals surface area contributed by atoms with Crippen LogP contribution in [0.3, 0.4) is 0 Å². The van der Waals surface area contributed by atoms with Crippen molar-refractivity contribution in [2.75, 3.05) is 42.3 Å². The summed E-state index contributed by atoms with van der Waals surface area (Å²) in [7, 11) is -1.59. The highest BCUT2D eigenvalue weighted by Gasteiger charge is 2.29. The number of methoxy groups -OCH3 is 1. The highest BCUT2D eigenvalue weighted by Crippen LogP contribution is 2.38. The Balaban J connectivity index is 1.44. The molecule has 8 nitrogen and oxygen atoms in total. The Hall–Kier alpha value is -3.95. The van der Waals surface area contributed by atoms with Crippen LogP contribution in [0.5, 0.6) is 0 Å². The number of nitrogens with zero attached hydrogens (tertiary/aromatic N) is 1. The van der Waals surface area contributed by atoms with Crippen molar-refractivity contribution in [3.05, 3.63) is 95.1 Å². The first-order valence-corrected chi connectivity index (χ1v) is 13.8. The Morgan fingerprint density at radius 3 is 2.35 bits per heavy atom. The molecule has 1 fully saturated rings. The second-order valence-electron chi connectivity index (χ2n) is 9.07. The van der Waals surface area contributed by atoms with Crippen LogP contribution in [0.1, 0.15) is 27.0 Å². The molecule has 2 heterocycles. The normalized spacial score (nSPS) is 18.0. The van der Waals surface area contributed by atoms with Crippen LogP contribution < -0.4 is 10.6 Å². The zero-order chi connectivity index (χ0) is 26.0. The monoisotopic (exact) mass is 517 g/mol. The van der Waals surface area contributed by atoms with Crippen LogP contribution in [-0.2, 0) is 25.9 Å². The predicted octanol–water partition coefficient (Wildman–Crippen LogP) is 3.64. The first-order valence-electron chi connectivity index (χ1n) is 12.0. The molecule has 3 aromatic carbocycles. The Morgan fingerprint density at radius 1 is 0.973 bits per heavy atom. The van der Waals surface area contributed by atoms with E-state index in [-0.39, 0.29) is 17.4 Å². The van der Waals surface area contributed by atoms with Crippen LogP contribution >= 0.6 is 0 Å². The number of rotatable bonds is 6. The Morgan fingerprint density at radius 2 is 1.68 bits per heavy atom. The van der Waals surface area contributed by atoms with Gasteiger partial charge in [-0.3, -0.25) is 9.69 Å². The predicted molar refractivity (Wildman–Crippen MR) is 144 cm³/mol. The molecule has 1 saturated heterocycles. The van der Waals surface area contributed by atoms with Gasteiger partial charge in [-0.25, -0.2) is 13.2 Å². The number of hydrogen-bond donors (Lipinski definition) is 2. The first kappa shape index (κ1) is 24.7. The second-order valence-corrected chi connectivity index (χ2v) is 11.4. The van der Waals surface area contributed by atoms with Gasteiger partial charge in [0.25, 0.3) is 5.91 Å². The Kier molecular flexibility index (Phi) is 6.82. The summed E-state index contributed by atoms with van der Waals surface area (Å²) in [6, 6.07) is 22.5. The molecule has 0 bridgehead atoms. The van der Waals surface area contributed by atoms with E-state index in [1.54, 1.807) is 18.2 Å². The van der Waals surface area contributed by atoms with E-state index in [1.165, 1.54) is 7.11 Å². The van der Waals surface area contributed by atoms with Gasteiger partial charge >= 0.3 is 5.97 Å². The number of amides is 1. The molecule has 0 aliphatic carbocycles. The van der Waals surface area contributed by atoms with Gasteiger partial charge < -0.3 is 15.4 Å². The first-order chi connectivity index (χ1) is 17.8. The fourth-order valence-electron chi connectivity index (χ4n) is 4.55. The smallest absolute Gasteiger partial charge is 0.337 e. The van der Waals surface area contributed by atoms with Gasteiger partial charge in [0.2, 0.25) is 0 Å². The van der Waals surface area contributed by atoms with E-state index in [0.717, 1.165) is 16.8 Å². The molecular weight excluding hydrogens is 490 g/mol. The van der Waals surface area contributed by atoms with E-state index >= 15 is 0 Å². The Bertz CT molecular complexity index is 1470. The van der Waals surface area contributed by atoms with E-state index in [4.69, 9.17) is 4.74 Å². The lowest BCUT2D eigenvalue weighted by Gasteiger charge is -2.26. The topological polar surface area (TPSA) is 105 Å². The highest BCUT2D eigenvalue weighted by atomic mass is 32.2. The number of hydrogen-bond acceptors (Lipinski definition) is 7. The molecular formula is C28H27N3O5S. The number of benzene rings is 3. The summed E-state index contributed by atoms with van der Waals surface area (Å²) in [4.78, 5) is 27.2. The third kappa shape index (κ3) is 5.42. The maximum Gasteiger partial charge on any atom is 0.337 e. The van der Waals surface area contributed by atoms with Gasteiger partial charge in [0.15, 0.2) is 9.84 Å². The number of sulfone groups is 1. The zero-order valence-corrected chi connectivity index (χ0v) is 21.2. The van der Waals surface area contributed by atoms with Gasteiger partial charge in [-0.2, -0.15) is 0 Å². The molecule has 37 heavy (non-hydrogen) atoms. The lowest BCUT2D eigenvalue weighted by atomic mass is 9.99. The van der Waals surface area contributed by atoms with E-state index in [9.17, 15) is 18.0 Å². The molecule has 0 saturated carbocycles. The molecule has 9 heteroatoms. The molecule has 2 aliphatic heterocycles. The van der Waals surface area contributed by atoms with Crippen LogP contribution in [0.25, 0.3) is 11.3 Å². The second kappa shape index (κ2) is 10.2. The maximum absolute atomic E-state index is 13.1. The summed E-state index contributed by atoms with van der Waals surface area (Å²) in [6.45, 7) is 1.76. The minimum Gasteiger partial charge on any atom is -0.465 e. The van der Waals surface area contributed by atoms with Crippen LogP contribution in [-0.4, -0.2) is 56.9 Å². The number of fused-ring (bicyclic) bond motifs is 1. The summed E-state index contributed by atoms with van der Waals surface area (Å²) in [5, 5.41) is 6.30. The molecule has 190 valence electrons. The summed E-state index contributed by atoms with van der Waals surface area (Å²) in [5.41, 5.74) is 5.47. The quantitative estimate of drug-likeness (QED) is 0.380. The average molecular weight is 518 g/mol. The molecule has 5 rings (SSSR count). The number of nitrogens with one attached hydrogen (secondary N) is 2. The lowest BCUT2D eigenvalue weighted by Crippen LogP contribution is -2.39. The summed E-state index contributed by atoms with van der Waals surface area (Å²) in [5.74, 6) is -0.335. The summed E-state index contributed by atoms with van der Waals surface area (Å²) >= 11 is 0. The highest BCUT2D eigenvalue weighted by molar-refractivity contribution is 7.91. The van der Waals surface area contributed by atoms with Gasteiger partial charge in [0.05, 0.1) is 41.1 Å². The number of carbonyl (C=O) groups is 2. The summed E-state index contributed by atoms with van der Waals surface area (Å²) < 4.78 is 28.2. The number of anilines is 2. The third-order valence-corrected chi connectivity index (χ3v) is 8.17. The van der Waals surface area contributed by atoms with Crippen molar-refractivity contribution >= 4 is 44.4 Å². The van der Waals surface area contributed by atoms with Crippen molar-refractivity contribution in [2.45, 2.75) is 6.54 Å². The van der Waals surface area contributed by atoms with Crippen LogP contribution in [0.15, 0.2) is 72.8 Å². The van der Waals surface area contributed by atoms with Crippen molar-refractivity contribution in [1.82, 2.24) is 4.90 Å². The van der Waals surface area contributed by atoms with Crippen molar-refractivity contribution in [3.63, 3.8) is 0 Å². The molecule has 0 spiro atoms. The Labute approximate surface area is 215 Å². The van der Waals surface area contributed by atoms with Crippen molar-refractivity contribution in [2.24, 2.45) is 0 Å². The van der Waals surface area contributed by atoms with Gasteiger partial charge in [-0.15, -0.1) is 0 Å². The van der Waals surface area contributed by atoms with Gasteiger partial charge in [-0.05, 0) is 35.4 Å². The average Bonchev–Trinajstić information content (AvgIpc) is 3.24. The molecule has 0 unspecified atom stereocenters. The standard InChI is InChI=1S/C28H27N3O5S/c1-36-28(33)21-9-12-23-24(17-21)30-27(32)25(23)26(20-5-3-2-4-6-20)29-22-10-7-19(8-11-22)18-31-13-15-37(34,35)16-14-31/h2-12,17,29H,13-16,18H2,1H3,(H,30,32)/b26-25-. The number of ether oxygens (including phenoxy) is 1. The summed E-state index contributed by atoms with van der Waals surface area (Å²) in [6.07, 6.45) is 0. The van der Waals surface area contributed by atoms with Crippen LogP contribution in [0.4, 0.5) is 11.4 Å². The molecule has 3 aromatic rings. The third-order valence-electron chi connectivity index (χ3n) is 6.56. The SMILES string of the molecule is COC(=O)c1ccc2c(c1)NC(=O)/C2=C(\Nc1ccc(CN2CCS(=O)(=O)CC2)cc1)c1ccccc1. The molecule has 1 amide bonds. The zero-order valence-electron chi connectivity index (χ0n) is 20.4. The molecule has 0 aromatic heterocycles. The lowest BCUT2D eigenvalue weighted by molar-refractivity contribution is -0.110. The van der Waals surface area contributed by atoms with Crippen molar-refractivity contribution in [1.29, 1.82) is 0 Å². The van der Waals surface area contributed by atoms with Crippen LogP contribution in [0, 0.1) is 0 Å². The maximum atomic E-state index is 13.1. The number of esters is 1. The van der Waals surface area contributed by atoms with Crippen molar-refractivity contribution < 1.29 is 22.7 Å². The van der Waals surface area contributed by atoms with E-state index < -0.39 is 15.8 Å².